The van der Waals surface area contributed by atoms with E-state index >= 15 is 0 Å². The first-order valence-corrected chi connectivity index (χ1v) is 9.74. The van der Waals surface area contributed by atoms with Crippen LogP contribution < -0.4 is 20.7 Å². The molecule has 0 aliphatic heterocycles. The Labute approximate surface area is 167 Å². The van der Waals surface area contributed by atoms with Crippen LogP contribution in [0.2, 0.25) is 0 Å². The van der Waals surface area contributed by atoms with Crippen molar-refractivity contribution >= 4 is 29.0 Å². The first-order valence-electron chi connectivity index (χ1n) is 8.86. The molecule has 0 bridgehead atoms. The summed E-state index contributed by atoms with van der Waals surface area (Å²) in [6.45, 7) is 0.425. The molecule has 3 amide bonds. The highest BCUT2D eigenvalue weighted by molar-refractivity contribution is 7.09. The number of nitrogens with one attached hydrogen (secondary N) is 3. The predicted octanol–water partition coefficient (Wildman–Crippen LogP) is 4.02. The number of imide groups is 1. The lowest BCUT2D eigenvalue weighted by atomic mass is 10.3. The number of ether oxygens (including phenoxy) is 1. The van der Waals surface area contributed by atoms with Crippen LogP contribution in [0.3, 0.4) is 0 Å². The average Bonchev–Trinajstić information content (AvgIpc) is 3.21. The smallest absolute Gasteiger partial charge is 0.321 e. The molecule has 0 spiro atoms. The van der Waals surface area contributed by atoms with Gasteiger partial charge in [-0.3, -0.25) is 10.1 Å². The summed E-state index contributed by atoms with van der Waals surface area (Å²) < 4.78 is 5.84. The Kier molecular flexibility index (Phi) is 7.03. The zero-order chi connectivity index (χ0) is 19.6. The van der Waals surface area contributed by atoms with Crippen molar-refractivity contribution in [3.63, 3.8) is 0 Å². The van der Waals surface area contributed by atoms with Gasteiger partial charge in [0.05, 0.1) is 12.2 Å². The minimum atomic E-state index is -0.503. The maximum Gasteiger partial charge on any atom is 0.321 e. The van der Waals surface area contributed by atoms with Crippen LogP contribution in [0, 0.1) is 0 Å². The van der Waals surface area contributed by atoms with Crippen molar-refractivity contribution in [2.45, 2.75) is 6.42 Å². The first-order chi connectivity index (χ1) is 13.7. The van der Waals surface area contributed by atoms with Gasteiger partial charge in [0.15, 0.2) is 5.75 Å². The quantitative estimate of drug-likeness (QED) is 0.538. The molecular weight excluding hydrogens is 374 g/mol. The molecule has 3 N–H and O–H groups in total. The third kappa shape index (κ3) is 6.14. The van der Waals surface area contributed by atoms with Gasteiger partial charge >= 0.3 is 6.03 Å². The Morgan fingerprint density at radius 1 is 0.929 bits per heavy atom. The van der Waals surface area contributed by atoms with Crippen molar-refractivity contribution in [1.82, 2.24) is 10.6 Å². The van der Waals surface area contributed by atoms with Crippen molar-refractivity contribution in [3.8, 4) is 11.5 Å². The molecule has 0 saturated carbocycles. The standard InChI is InChI=1S/C21H21N3O3S/c25-20(24-21(26)22-13-12-17-9-6-14-28-17)15-23-18-10-4-5-11-19(18)27-16-7-2-1-3-8-16/h1-11,14,23H,12-13,15H2,(H2,22,24,25,26). The number of urea groups is 1. The van der Waals surface area contributed by atoms with Crippen LogP contribution in [-0.2, 0) is 11.2 Å². The maximum atomic E-state index is 12.0. The number of carbonyl (C=O) groups excluding carboxylic acids is 2. The van der Waals surface area contributed by atoms with Crippen LogP contribution in [0.15, 0.2) is 72.1 Å². The zero-order valence-corrected chi connectivity index (χ0v) is 16.0. The molecule has 0 unspecified atom stereocenters. The second-order valence-electron chi connectivity index (χ2n) is 5.90. The topological polar surface area (TPSA) is 79.5 Å². The lowest BCUT2D eigenvalue weighted by Gasteiger charge is -2.13. The summed E-state index contributed by atoms with van der Waals surface area (Å²) in [7, 11) is 0. The van der Waals surface area contributed by atoms with Crippen LogP contribution in [-0.4, -0.2) is 25.0 Å². The highest BCUT2D eigenvalue weighted by Crippen LogP contribution is 2.28. The largest absolute Gasteiger partial charge is 0.455 e. The molecular formula is C21H21N3O3S. The monoisotopic (exact) mass is 395 g/mol. The fourth-order valence-electron chi connectivity index (χ4n) is 2.46. The number of para-hydroxylation sites is 3. The summed E-state index contributed by atoms with van der Waals surface area (Å²) in [5.74, 6) is 0.872. The van der Waals surface area contributed by atoms with Crippen molar-refractivity contribution in [3.05, 3.63) is 77.0 Å². The van der Waals surface area contributed by atoms with Crippen LogP contribution >= 0.6 is 11.3 Å². The Morgan fingerprint density at radius 3 is 2.50 bits per heavy atom. The minimum Gasteiger partial charge on any atom is -0.455 e. The Bertz CT molecular complexity index is 898. The Morgan fingerprint density at radius 2 is 1.71 bits per heavy atom. The van der Waals surface area contributed by atoms with E-state index in [0.717, 1.165) is 6.42 Å². The van der Waals surface area contributed by atoms with E-state index in [1.807, 2.05) is 72.1 Å². The van der Waals surface area contributed by atoms with Gasteiger partial charge in [0.2, 0.25) is 5.91 Å². The van der Waals surface area contributed by atoms with Gasteiger partial charge in [-0.15, -0.1) is 11.3 Å². The number of anilines is 1. The highest BCUT2D eigenvalue weighted by atomic mass is 32.1. The average molecular weight is 395 g/mol. The number of rotatable bonds is 8. The number of hydrogen-bond acceptors (Lipinski definition) is 5. The van der Waals surface area contributed by atoms with Crippen molar-refractivity contribution in [2.75, 3.05) is 18.4 Å². The molecule has 0 aliphatic carbocycles. The number of hydrogen-bond donors (Lipinski definition) is 3. The van der Waals surface area contributed by atoms with E-state index in [-0.39, 0.29) is 6.54 Å². The van der Waals surface area contributed by atoms with Crippen LogP contribution in [0.4, 0.5) is 10.5 Å². The molecule has 0 fully saturated rings. The third-order valence-corrected chi connectivity index (χ3v) is 4.72. The number of thiophene rings is 1. The highest BCUT2D eigenvalue weighted by Gasteiger charge is 2.09. The molecule has 0 atom stereocenters. The zero-order valence-electron chi connectivity index (χ0n) is 15.2. The predicted molar refractivity (Wildman–Crippen MR) is 111 cm³/mol. The van der Waals surface area contributed by atoms with Crippen LogP contribution in [0.5, 0.6) is 11.5 Å². The van der Waals surface area contributed by atoms with E-state index in [4.69, 9.17) is 4.74 Å². The van der Waals surface area contributed by atoms with E-state index in [2.05, 4.69) is 16.0 Å². The van der Waals surface area contributed by atoms with E-state index < -0.39 is 11.9 Å². The number of amides is 3. The van der Waals surface area contributed by atoms with E-state index in [1.54, 1.807) is 11.3 Å². The van der Waals surface area contributed by atoms with Gasteiger partial charge in [-0.05, 0) is 42.1 Å². The lowest BCUT2D eigenvalue weighted by Crippen LogP contribution is -2.42. The SMILES string of the molecule is O=C(CNc1ccccc1Oc1ccccc1)NC(=O)NCCc1cccs1. The summed E-state index contributed by atoms with van der Waals surface area (Å²) in [6.07, 6.45) is 0.738. The minimum absolute atomic E-state index is 0.0481. The van der Waals surface area contributed by atoms with Gasteiger partial charge in [-0.25, -0.2) is 4.79 Å². The summed E-state index contributed by atoms with van der Waals surface area (Å²) in [4.78, 5) is 25.0. The molecule has 3 aromatic rings. The molecule has 0 aliphatic rings. The molecule has 7 heteroatoms. The van der Waals surface area contributed by atoms with Gasteiger partial charge in [-0.1, -0.05) is 36.4 Å². The molecule has 3 rings (SSSR count). The molecule has 28 heavy (non-hydrogen) atoms. The molecule has 1 heterocycles. The normalized spacial score (nSPS) is 10.1. The second kappa shape index (κ2) is 10.1. The van der Waals surface area contributed by atoms with Crippen LogP contribution in [0.25, 0.3) is 0 Å². The summed E-state index contributed by atoms with van der Waals surface area (Å²) in [6, 6.07) is 20.2. The molecule has 0 saturated heterocycles. The van der Waals surface area contributed by atoms with Crippen molar-refractivity contribution in [1.29, 1.82) is 0 Å². The number of benzene rings is 2. The molecule has 0 radical (unpaired) electrons. The lowest BCUT2D eigenvalue weighted by molar-refractivity contribution is -0.118. The fourth-order valence-corrected chi connectivity index (χ4v) is 3.17. The molecule has 2 aromatic carbocycles. The van der Waals surface area contributed by atoms with Gasteiger partial charge in [-0.2, -0.15) is 0 Å². The first kappa shape index (κ1) is 19.4. The summed E-state index contributed by atoms with van der Waals surface area (Å²) in [5.41, 5.74) is 0.666. The van der Waals surface area contributed by atoms with E-state index in [1.165, 1.54) is 4.88 Å². The molecule has 144 valence electrons. The van der Waals surface area contributed by atoms with E-state index in [9.17, 15) is 9.59 Å². The second-order valence-corrected chi connectivity index (χ2v) is 6.93. The Balaban J connectivity index is 1.44. The van der Waals surface area contributed by atoms with Gasteiger partial charge in [0, 0.05) is 11.4 Å². The van der Waals surface area contributed by atoms with Crippen molar-refractivity contribution in [2.24, 2.45) is 0 Å². The molecule has 1 aromatic heterocycles. The molecule has 6 nitrogen and oxygen atoms in total. The third-order valence-electron chi connectivity index (χ3n) is 3.79. The van der Waals surface area contributed by atoms with Gasteiger partial charge < -0.3 is 15.4 Å². The Hall–Kier alpha value is -3.32. The van der Waals surface area contributed by atoms with Crippen LogP contribution in [0.1, 0.15) is 4.88 Å². The summed E-state index contributed by atoms with van der Waals surface area (Å²) >= 11 is 1.64. The number of carbonyl (C=O) groups is 2. The van der Waals surface area contributed by atoms with Gasteiger partial charge in [0.1, 0.15) is 5.75 Å². The van der Waals surface area contributed by atoms with Crippen molar-refractivity contribution < 1.29 is 14.3 Å². The summed E-state index contributed by atoms with van der Waals surface area (Å²) in [5, 5.41) is 9.98. The van der Waals surface area contributed by atoms with E-state index in [0.29, 0.717) is 23.7 Å². The maximum absolute atomic E-state index is 12.0. The van der Waals surface area contributed by atoms with Gasteiger partial charge in [0.25, 0.3) is 0 Å². The fraction of sp³-hybridized carbons (Fsp3) is 0.143.